The first kappa shape index (κ1) is 19.3. The molecule has 0 bridgehead atoms. The van der Waals surface area contributed by atoms with Gasteiger partial charge in [-0.2, -0.15) is 0 Å². The molecule has 3 rings (SSSR count). The van der Waals surface area contributed by atoms with E-state index in [1.54, 1.807) is 12.1 Å². The summed E-state index contributed by atoms with van der Waals surface area (Å²) in [5.74, 6) is 1.16. The predicted octanol–water partition coefficient (Wildman–Crippen LogP) is 2.47. The zero-order valence-electron chi connectivity index (χ0n) is 15.8. The van der Waals surface area contributed by atoms with Gasteiger partial charge in [0.25, 0.3) is 5.91 Å². The topological polar surface area (TPSA) is 92.3 Å². The highest BCUT2D eigenvalue weighted by Gasteiger charge is 2.18. The Morgan fingerprint density at radius 3 is 2.54 bits per heavy atom. The van der Waals surface area contributed by atoms with Crippen molar-refractivity contribution >= 4 is 11.9 Å². The molecule has 0 spiro atoms. The minimum Gasteiger partial charge on any atom is -0.493 e. The van der Waals surface area contributed by atoms with Gasteiger partial charge in [-0.05, 0) is 42.8 Å². The lowest BCUT2D eigenvalue weighted by atomic mass is 10.1. The zero-order chi connectivity index (χ0) is 20.1. The first-order valence-corrected chi connectivity index (χ1v) is 8.60. The fourth-order valence-corrected chi connectivity index (χ4v) is 2.73. The molecule has 1 atom stereocenters. The van der Waals surface area contributed by atoms with Crippen molar-refractivity contribution in [2.75, 3.05) is 27.6 Å². The lowest BCUT2D eigenvalue weighted by Gasteiger charge is -2.15. The van der Waals surface area contributed by atoms with Crippen LogP contribution in [0.2, 0.25) is 0 Å². The minimum atomic E-state index is -0.633. The maximum Gasteiger partial charge on any atom is 0.338 e. The average molecular weight is 387 g/mol. The number of nitrogens with one attached hydrogen (secondary N) is 1. The molecule has 2 aromatic carbocycles. The second kappa shape index (κ2) is 8.51. The van der Waals surface area contributed by atoms with Gasteiger partial charge in [-0.3, -0.25) is 4.79 Å². The third-order valence-corrected chi connectivity index (χ3v) is 4.23. The quantitative estimate of drug-likeness (QED) is 0.730. The Balaban J connectivity index is 1.54. The van der Waals surface area contributed by atoms with Gasteiger partial charge in [0.1, 0.15) is 0 Å². The third-order valence-electron chi connectivity index (χ3n) is 4.23. The number of ether oxygens (including phenoxy) is 5. The van der Waals surface area contributed by atoms with Gasteiger partial charge in [0.05, 0.1) is 25.8 Å². The Morgan fingerprint density at radius 2 is 1.79 bits per heavy atom. The normalized spacial score (nSPS) is 12.8. The highest BCUT2D eigenvalue weighted by Crippen LogP contribution is 2.34. The number of benzene rings is 2. The van der Waals surface area contributed by atoms with E-state index in [2.05, 4.69) is 5.32 Å². The van der Waals surface area contributed by atoms with Gasteiger partial charge in [-0.25, -0.2) is 4.79 Å². The molecule has 148 valence electrons. The van der Waals surface area contributed by atoms with E-state index in [1.807, 2.05) is 19.1 Å². The van der Waals surface area contributed by atoms with Crippen LogP contribution in [0.15, 0.2) is 36.4 Å². The number of hydrogen-bond acceptors (Lipinski definition) is 7. The fourth-order valence-electron chi connectivity index (χ4n) is 2.73. The molecule has 1 N–H and O–H groups in total. The van der Waals surface area contributed by atoms with Crippen molar-refractivity contribution in [1.82, 2.24) is 5.32 Å². The van der Waals surface area contributed by atoms with Crippen LogP contribution in [0.4, 0.5) is 0 Å². The van der Waals surface area contributed by atoms with Gasteiger partial charge in [0.15, 0.2) is 29.6 Å². The lowest BCUT2D eigenvalue weighted by molar-refractivity contribution is -0.124. The van der Waals surface area contributed by atoms with Crippen LogP contribution in [-0.2, 0) is 9.53 Å². The highest BCUT2D eigenvalue weighted by atomic mass is 16.7. The third kappa shape index (κ3) is 4.28. The smallest absolute Gasteiger partial charge is 0.338 e. The van der Waals surface area contributed by atoms with E-state index < -0.39 is 18.5 Å². The molecule has 0 aliphatic carbocycles. The molecular weight excluding hydrogens is 366 g/mol. The second-order valence-corrected chi connectivity index (χ2v) is 6.05. The number of hydrogen-bond donors (Lipinski definition) is 1. The summed E-state index contributed by atoms with van der Waals surface area (Å²) in [6.45, 7) is 1.61. The standard InChI is InChI=1S/C20H21NO7/c1-12(13-4-7-16-18(8-13)28-11-27-16)21-19(22)10-26-20(23)14-5-6-15(24-2)17(9-14)25-3/h4-9,12H,10-11H2,1-3H3,(H,21,22)/t12-/m1/s1. The molecule has 2 aromatic rings. The lowest BCUT2D eigenvalue weighted by Crippen LogP contribution is -2.31. The van der Waals surface area contributed by atoms with Gasteiger partial charge in [0.2, 0.25) is 6.79 Å². The molecule has 8 nitrogen and oxygen atoms in total. The summed E-state index contributed by atoms with van der Waals surface area (Å²) in [5.41, 5.74) is 1.11. The van der Waals surface area contributed by atoms with Crippen LogP contribution < -0.4 is 24.3 Å². The summed E-state index contributed by atoms with van der Waals surface area (Å²) in [5, 5.41) is 2.78. The number of methoxy groups -OCH3 is 2. The molecule has 0 aromatic heterocycles. The molecule has 0 fully saturated rings. The number of rotatable bonds is 7. The van der Waals surface area contributed by atoms with Crippen molar-refractivity contribution < 1.29 is 33.3 Å². The van der Waals surface area contributed by atoms with Crippen LogP contribution >= 0.6 is 0 Å². The second-order valence-electron chi connectivity index (χ2n) is 6.05. The summed E-state index contributed by atoms with van der Waals surface area (Å²) in [7, 11) is 2.97. The Hall–Kier alpha value is -3.42. The summed E-state index contributed by atoms with van der Waals surface area (Å²) < 4.78 is 26.0. The minimum absolute atomic E-state index is 0.186. The maximum atomic E-state index is 12.2. The van der Waals surface area contributed by atoms with E-state index >= 15 is 0 Å². The van der Waals surface area contributed by atoms with Crippen LogP contribution in [0.25, 0.3) is 0 Å². The molecule has 8 heteroatoms. The van der Waals surface area contributed by atoms with Crippen molar-refractivity contribution in [2.24, 2.45) is 0 Å². The van der Waals surface area contributed by atoms with Gasteiger partial charge in [0, 0.05) is 0 Å². The largest absolute Gasteiger partial charge is 0.493 e. The van der Waals surface area contributed by atoms with Crippen molar-refractivity contribution in [3.8, 4) is 23.0 Å². The average Bonchev–Trinajstić information content (AvgIpc) is 3.19. The molecule has 1 aliphatic rings. The molecule has 0 radical (unpaired) electrons. The van der Waals surface area contributed by atoms with E-state index in [0.29, 0.717) is 23.0 Å². The van der Waals surface area contributed by atoms with Crippen molar-refractivity contribution in [3.63, 3.8) is 0 Å². The van der Waals surface area contributed by atoms with E-state index in [9.17, 15) is 9.59 Å². The first-order valence-electron chi connectivity index (χ1n) is 8.60. The summed E-state index contributed by atoms with van der Waals surface area (Å²) in [6.07, 6.45) is 0. The molecule has 0 saturated carbocycles. The summed E-state index contributed by atoms with van der Waals surface area (Å²) in [6, 6.07) is 9.78. The van der Waals surface area contributed by atoms with Gasteiger partial charge in [-0.15, -0.1) is 0 Å². The molecule has 1 aliphatic heterocycles. The summed E-state index contributed by atoms with van der Waals surface area (Å²) in [4.78, 5) is 24.3. The van der Waals surface area contributed by atoms with Crippen LogP contribution in [-0.4, -0.2) is 39.5 Å². The van der Waals surface area contributed by atoms with Crippen molar-refractivity contribution in [1.29, 1.82) is 0 Å². The first-order chi connectivity index (χ1) is 13.5. The number of carbonyl (C=O) groups is 2. The number of fused-ring (bicyclic) bond motifs is 1. The zero-order valence-corrected chi connectivity index (χ0v) is 15.8. The Labute approximate surface area is 162 Å². The number of esters is 1. The number of carbonyl (C=O) groups excluding carboxylic acids is 2. The van der Waals surface area contributed by atoms with Gasteiger partial charge < -0.3 is 29.0 Å². The SMILES string of the molecule is COc1ccc(C(=O)OCC(=O)N[C@H](C)c2ccc3c(c2)OCO3)cc1OC. The van der Waals surface area contributed by atoms with Crippen molar-refractivity contribution in [3.05, 3.63) is 47.5 Å². The molecule has 0 unspecified atom stereocenters. The van der Waals surface area contributed by atoms with E-state index in [0.717, 1.165) is 5.56 Å². The van der Waals surface area contributed by atoms with Gasteiger partial charge >= 0.3 is 5.97 Å². The highest BCUT2D eigenvalue weighted by molar-refractivity contribution is 5.92. The predicted molar refractivity (Wildman–Crippen MR) is 99.0 cm³/mol. The monoisotopic (exact) mass is 387 g/mol. The molecule has 1 amide bonds. The van der Waals surface area contributed by atoms with Crippen LogP contribution in [0.3, 0.4) is 0 Å². The fraction of sp³-hybridized carbons (Fsp3) is 0.300. The van der Waals surface area contributed by atoms with Crippen molar-refractivity contribution in [2.45, 2.75) is 13.0 Å². The van der Waals surface area contributed by atoms with E-state index in [4.69, 9.17) is 23.7 Å². The maximum absolute atomic E-state index is 12.2. The Morgan fingerprint density at radius 1 is 1.04 bits per heavy atom. The molecule has 1 heterocycles. The summed E-state index contributed by atoms with van der Waals surface area (Å²) >= 11 is 0. The van der Waals surface area contributed by atoms with Crippen LogP contribution in [0, 0.1) is 0 Å². The van der Waals surface area contributed by atoms with Crippen LogP contribution in [0.5, 0.6) is 23.0 Å². The Bertz CT molecular complexity index is 881. The van der Waals surface area contributed by atoms with Gasteiger partial charge in [-0.1, -0.05) is 6.07 Å². The molecular formula is C20H21NO7. The molecule has 28 heavy (non-hydrogen) atoms. The number of amides is 1. The Kier molecular flexibility index (Phi) is 5.88. The molecule has 0 saturated heterocycles. The van der Waals surface area contributed by atoms with E-state index in [-0.39, 0.29) is 18.4 Å². The van der Waals surface area contributed by atoms with E-state index in [1.165, 1.54) is 26.4 Å². The van der Waals surface area contributed by atoms with Crippen LogP contribution in [0.1, 0.15) is 28.9 Å².